The molecule has 1 heteroatoms. The first-order chi connectivity index (χ1) is 21.8. The molecule has 1 aromatic heterocycles. The van der Waals surface area contributed by atoms with Crippen molar-refractivity contribution in [3.63, 3.8) is 0 Å². The van der Waals surface area contributed by atoms with Crippen LogP contribution >= 0.6 is 0 Å². The lowest BCUT2D eigenvalue weighted by molar-refractivity contribution is 0.301. The van der Waals surface area contributed by atoms with Crippen LogP contribution in [0.1, 0.15) is 38.8 Å². The van der Waals surface area contributed by atoms with Crippen LogP contribution in [-0.4, -0.2) is 4.57 Å². The SMILES string of the molecule is CC1(C)c2cc(-c3ccc(-n4c5ccccc5c5ccccc54)cc3)ccc2-c2ccc3ccc4ccccc4c3c2C1(C)C. The third-order valence-electron chi connectivity index (χ3n) is 11.1. The fourth-order valence-electron chi connectivity index (χ4n) is 8.10. The Morgan fingerprint density at radius 2 is 1.00 bits per heavy atom. The van der Waals surface area contributed by atoms with E-state index in [2.05, 4.69) is 172 Å². The fourth-order valence-corrected chi connectivity index (χ4v) is 8.10. The van der Waals surface area contributed by atoms with Gasteiger partial charge in [0.2, 0.25) is 0 Å². The van der Waals surface area contributed by atoms with Gasteiger partial charge in [0.25, 0.3) is 0 Å². The first-order valence-corrected chi connectivity index (χ1v) is 16.0. The predicted octanol–water partition coefficient (Wildman–Crippen LogP) is 12.0. The van der Waals surface area contributed by atoms with E-state index in [1.807, 2.05) is 0 Å². The van der Waals surface area contributed by atoms with Crippen LogP contribution in [0.4, 0.5) is 0 Å². The van der Waals surface area contributed by atoms with Crippen molar-refractivity contribution in [1.29, 1.82) is 0 Å². The van der Waals surface area contributed by atoms with E-state index in [4.69, 9.17) is 0 Å². The summed E-state index contributed by atoms with van der Waals surface area (Å²) in [7, 11) is 0. The Labute approximate surface area is 264 Å². The molecule has 0 unspecified atom stereocenters. The molecule has 9 rings (SSSR count). The van der Waals surface area contributed by atoms with Crippen LogP contribution < -0.4 is 0 Å². The molecule has 0 atom stereocenters. The van der Waals surface area contributed by atoms with E-state index in [0.717, 1.165) is 0 Å². The van der Waals surface area contributed by atoms with Gasteiger partial charge in [-0.25, -0.2) is 0 Å². The number of rotatable bonds is 2. The molecule has 8 aromatic rings. The van der Waals surface area contributed by atoms with Gasteiger partial charge in [-0.05, 0) is 90.7 Å². The van der Waals surface area contributed by atoms with Crippen molar-refractivity contribution in [3.8, 4) is 27.9 Å². The number of fused-ring (bicyclic) bond motifs is 10. The Morgan fingerprint density at radius 3 is 1.71 bits per heavy atom. The Kier molecular flexibility index (Phi) is 5.37. The number of nitrogens with zero attached hydrogens (tertiary/aromatic N) is 1. The zero-order valence-electron chi connectivity index (χ0n) is 26.2. The topological polar surface area (TPSA) is 4.93 Å². The number of aromatic nitrogens is 1. The van der Waals surface area contributed by atoms with Gasteiger partial charge in [-0.15, -0.1) is 0 Å². The van der Waals surface area contributed by atoms with Crippen LogP contribution in [0.2, 0.25) is 0 Å². The second kappa shape index (κ2) is 9.19. The normalized spacial score (nSPS) is 15.0. The molecular formula is C44H35N. The van der Waals surface area contributed by atoms with E-state index in [1.54, 1.807) is 0 Å². The average Bonchev–Trinajstić information content (AvgIpc) is 3.41. The van der Waals surface area contributed by atoms with Crippen molar-refractivity contribution in [2.24, 2.45) is 0 Å². The summed E-state index contributed by atoms with van der Waals surface area (Å²) >= 11 is 0. The van der Waals surface area contributed by atoms with Crippen molar-refractivity contribution in [3.05, 3.63) is 151 Å². The van der Waals surface area contributed by atoms with Crippen molar-refractivity contribution in [2.75, 3.05) is 0 Å². The maximum absolute atomic E-state index is 2.46. The number of benzene rings is 7. The smallest absolute Gasteiger partial charge is 0.0541 e. The van der Waals surface area contributed by atoms with E-state index in [-0.39, 0.29) is 10.8 Å². The molecule has 7 aromatic carbocycles. The first-order valence-electron chi connectivity index (χ1n) is 16.0. The van der Waals surface area contributed by atoms with Crippen LogP contribution in [0, 0.1) is 0 Å². The Hall–Kier alpha value is -5.14. The Morgan fingerprint density at radius 1 is 0.444 bits per heavy atom. The van der Waals surface area contributed by atoms with Gasteiger partial charge in [-0.3, -0.25) is 0 Å². The zero-order valence-corrected chi connectivity index (χ0v) is 26.2. The van der Waals surface area contributed by atoms with Gasteiger partial charge in [-0.2, -0.15) is 0 Å². The van der Waals surface area contributed by atoms with Crippen LogP contribution in [0.25, 0.3) is 71.3 Å². The van der Waals surface area contributed by atoms with Gasteiger partial charge in [0.05, 0.1) is 11.0 Å². The maximum Gasteiger partial charge on any atom is 0.0541 e. The highest BCUT2D eigenvalue weighted by Crippen LogP contribution is 2.56. The number of para-hydroxylation sites is 2. The molecule has 0 bridgehead atoms. The van der Waals surface area contributed by atoms with Crippen LogP contribution in [-0.2, 0) is 10.8 Å². The largest absolute Gasteiger partial charge is 0.309 e. The molecule has 0 N–H and O–H groups in total. The minimum Gasteiger partial charge on any atom is -0.309 e. The molecule has 1 heterocycles. The predicted molar refractivity (Wildman–Crippen MR) is 193 cm³/mol. The third kappa shape index (κ3) is 3.56. The van der Waals surface area contributed by atoms with Gasteiger partial charge >= 0.3 is 0 Å². The quantitative estimate of drug-likeness (QED) is 0.180. The molecule has 0 saturated carbocycles. The minimum absolute atomic E-state index is 0.0838. The molecular weight excluding hydrogens is 542 g/mol. The molecule has 1 aliphatic rings. The van der Waals surface area contributed by atoms with Gasteiger partial charge < -0.3 is 4.57 Å². The maximum atomic E-state index is 2.46. The highest BCUT2D eigenvalue weighted by atomic mass is 15.0. The van der Waals surface area contributed by atoms with E-state index in [0.29, 0.717) is 0 Å². The van der Waals surface area contributed by atoms with Crippen molar-refractivity contribution in [1.82, 2.24) is 4.57 Å². The van der Waals surface area contributed by atoms with E-state index < -0.39 is 0 Å². The van der Waals surface area contributed by atoms with E-state index in [1.165, 1.54) is 82.4 Å². The lowest BCUT2D eigenvalue weighted by Crippen LogP contribution is -2.43. The second-order valence-electron chi connectivity index (χ2n) is 13.8. The van der Waals surface area contributed by atoms with Crippen molar-refractivity contribution in [2.45, 2.75) is 38.5 Å². The first kappa shape index (κ1) is 26.3. The minimum atomic E-state index is -0.0853. The third-order valence-corrected chi connectivity index (χ3v) is 11.1. The Balaban J connectivity index is 1.20. The van der Waals surface area contributed by atoms with Crippen molar-refractivity contribution >= 4 is 43.4 Å². The molecule has 0 saturated heterocycles. The van der Waals surface area contributed by atoms with Gasteiger partial charge in [0.1, 0.15) is 0 Å². The lowest BCUT2D eigenvalue weighted by atomic mass is 9.54. The molecule has 1 aliphatic carbocycles. The molecule has 1 nitrogen and oxygen atoms in total. The molecule has 216 valence electrons. The molecule has 0 radical (unpaired) electrons. The summed E-state index contributed by atoms with van der Waals surface area (Å²) < 4.78 is 2.39. The van der Waals surface area contributed by atoms with Crippen molar-refractivity contribution < 1.29 is 0 Å². The summed E-state index contributed by atoms with van der Waals surface area (Å²) in [6.07, 6.45) is 0. The number of hydrogen-bond donors (Lipinski definition) is 0. The van der Waals surface area contributed by atoms with Crippen LogP contribution in [0.15, 0.2) is 140 Å². The van der Waals surface area contributed by atoms with Gasteiger partial charge in [-0.1, -0.05) is 137 Å². The second-order valence-corrected chi connectivity index (χ2v) is 13.8. The summed E-state index contributed by atoms with van der Waals surface area (Å²) in [6, 6.07) is 51.8. The molecule has 45 heavy (non-hydrogen) atoms. The molecule has 0 spiro atoms. The summed E-state index contributed by atoms with van der Waals surface area (Å²) in [5.74, 6) is 0. The summed E-state index contributed by atoms with van der Waals surface area (Å²) in [4.78, 5) is 0. The highest BCUT2D eigenvalue weighted by molar-refractivity contribution is 6.12. The highest BCUT2D eigenvalue weighted by Gasteiger charge is 2.47. The fraction of sp³-hybridized carbons (Fsp3) is 0.136. The standard InChI is InChI=1S/C44H35N/c1-43(2)38-27-31(28-19-23-32(24-20-28)45-39-15-9-7-13-35(39)36-14-8-10-16-40(36)45)22-25-34(38)37-26-21-30-18-17-29-11-5-6-12-33(29)41(30)42(37)44(43,3)4/h5-27H,1-4H3. The Bertz CT molecular complexity index is 2420. The summed E-state index contributed by atoms with van der Waals surface area (Å²) in [5, 5.41) is 7.95. The molecule has 0 aliphatic heterocycles. The van der Waals surface area contributed by atoms with E-state index in [9.17, 15) is 0 Å². The summed E-state index contributed by atoms with van der Waals surface area (Å²) in [5.41, 5.74) is 11.6. The molecule has 0 amide bonds. The van der Waals surface area contributed by atoms with E-state index >= 15 is 0 Å². The van der Waals surface area contributed by atoms with Gasteiger partial charge in [0, 0.05) is 21.9 Å². The van der Waals surface area contributed by atoms with Crippen LogP contribution in [0.3, 0.4) is 0 Å². The lowest BCUT2D eigenvalue weighted by Gasteiger charge is -2.49. The molecule has 0 fully saturated rings. The average molecular weight is 578 g/mol. The monoisotopic (exact) mass is 577 g/mol. The zero-order chi connectivity index (χ0) is 30.5. The number of hydrogen-bond acceptors (Lipinski definition) is 0. The van der Waals surface area contributed by atoms with Gasteiger partial charge in [0.15, 0.2) is 0 Å². The van der Waals surface area contributed by atoms with Crippen LogP contribution in [0.5, 0.6) is 0 Å². The summed E-state index contributed by atoms with van der Waals surface area (Å²) in [6.45, 7) is 9.77.